The third-order valence-electron chi connectivity index (χ3n) is 0.771. The molecule has 0 fully saturated rings. The Morgan fingerprint density at radius 3 is 1.91 bits per heavy atom. The van der Waals surface area contributed by atoms with Crippen LogP contribution in [0.15, 0.2) is 0 Å². The molecule has 0 rings (SSSR count). The predicted molar refractivity (Wildman–Crippen MR) is 51.8 cm³/mol. The molecule has 1 atom stereocenters. The highest BCUT2D eigenvalue weighted by Gasteiger charge is 2.10. The first-order chi connectivity index (χ1) is 4.21. The van der Waals surface area contributed by atoms with Gasteiger partial charge in [0.2, 0.25) is 0 Å². The van der Waals surface area contributed by atoms with Crippen molar-refractivity contribution in [3.8, 4) is 0 Å². The Morgan fingerprint density at radius 1 is 1.45 bits per heavy atom. The van der Waals surface area contributed by atoms with E-state index in [1.165, 1.54) is 6.66 Å². The van der Waals surface area contributed by atoms with Crippen LogP contribution in [0.4, 0.5) is 0 Å². The van der Waals surface area contributed by atoms with Crippen molar-refractivity contribution in [1.82, 2.24) is 0 Å². The summed E-state index contributed by atoms with van der Waals surface area (Å²) in [5.41, 5.74) is 0.0728. The molecule has 0 heterocycles. The van der Waals surface area contributed by atoms with Crippen LogP contribution in [0.25, 0.3) is 0 Å². The molecular formula is C8H19O2P. The van der Waals surface area contributed by atoms with Gasteiger partial charge in [-0.3, -0.25) is 0 Å². The Kier molecular flexibility index (Phi) is 5.22. The molecule has 0 saturated carbocycles. The summed E-state index contributed by atoms with van der Waals surface area (Å²) in [6.45, 7) is 8.12. The molecule has 0 aromatic carbocycles. The molecule has 0 aromatic heterocycles. The first-order valence-corrected chi connectivity index (χ1v) is 5.53. The average Bonchev–Trinajstić information content (AvgIpc) is 1.57. The Bertz CT molecular complexity index is 141. The van der Waals surface area contributed by atoms with E-state index >= 15 is 0 Å². The van der Waals surface area contributed by atoms with Crippen molar-refractivity contribution in [3.05, 3.63) is 7.43 Å². The van der Waals surface area contributed by atoms with Gasteiger partial charge in [0.25, 0.3) is 0 Å². The maximum Gasteiger partial charge on any atom is 0.0539 e. The average molecular weight is 178 g/mol. The van der Waals surface area contributed by atoms with Crippen LogP contribution >= 0.6 is 7.34 Å². The fourth-order valence-electron chi connectivity index (χ4n) is 0.330. The molecule has 68 valence electrons. The van der Waals surface area contributed by atoms with Crippen molar-refractivity contribution in [2.45, 2.75) is 20.8 Å². The fraction of sp³-hybridized carbons (Fsp3) is 0.750. The molecule has 0 aliphatic carbocycles. The molecule has 3 heteroatoms. The topological polar surface area (TPSA) is 32.3 Å². The van der Waals surface area contributed by atoms with Gasteiger partial charge < -0.3 is 9.42 Å². The van der Waals surface area contributed by atoms with Crippen LogP contribution in [0.2, 0.25) is 0 Å². The largest absolute Gasteiger partial charge is 0.809 e. The summed E-state index contributed by atoms with van der Waals surface area (Å²) in [5, 5.41) is 0. The van der Waals surface area contributed by atoms with Gasteiger partial charge in [-0.1, -0.05) is 34.4 Å². The zero-order chi connectivity index (χ0) is 8.41. The maximum atomic E-state index is 10.9. The highest BCUT2D eigenvalue weighted by atomic mass is 31.2. The van der Waals surface area contributed by atoms with E-state index < -0.39 is 7.34 Å². The Labute approximate surface area is 70.7 Å². The standard InChI is InChI=1S/C7H16O2P.CH3/c1-7(2,3)6-9-10(4,5)8;/h4,6H2,1-3,5H3;1H3/q-1;+1. The number of hydrogen-bond acceptors (Lipinski definition) is 2. The first kappa shape index (κ1) is 13.7. The van der Waals surface area contributed by atoms with Crippen LogP contribution in [-0.4, -0.2) is 19.6 Å². The molecule has 0 amide bonds. The lowest BCUT2D eigenvalue weighted by molar-refractivity contribution is -0.183. The summed E-state index contributed by atoms with van der Waals surface area (Å²) in [7, 11) is -2.51. The predicted octanol–water partition coefficient (Wildman–Crippen LogP) is 1.77. The van der Waals surface area contributed by atoms with E-state index in [9.17, 15) is 4.89 Å². The van der Waals surface area contributed by atoms with Crippen LogP contribution in [-0.2, 0) is 4.52 Å². The van der Waals surface area contributed by atoms with Gasteiger partial charge in [-0.25, -0.2) is 0 Å². The van der Waals surface area contributed by atoms with Crippen LogP contribution in [0.1, 0.15) is 20.8 Å². The summed E-state index contributed by atoms with van der Waals surface area (Å²) in [4.78, 5) is 10.9. The van der Waals surface area contributed by atoms with Crippen LogP contribution in [0.5, 0.6) is 0 Å². The molecule has 0 aromatic rings. The second-order valence-corrected chi connectivity index (χ2v) is 6.13. The minimum Gasteiger partial charge on any atom is -0.809 e. The Hall–Kier alpha value is 0.0900. The first-order valence-electron chi connectivity index (χ1n) is 3.27. The summed E-state index contributed by atoms with van der Waals surface area (Å²) >= 11 is 0. The lowest BCUT2D eigenvalue weighted by atomic mass is 9.99. The van der Waals surface area contributed by atoms with Gasteiger partial charge in [0, 0.05) is 7.43 Å². The van der Waals surface area contributed by atoms with E-state index in [0.717, 1.165) is 0 Å². The van der Waals surface area contributed by atoms with Crippen molar-refractivity contribution >= 4 is 13.6 Å². The molecule has 1 unspecified atom stereocenters. The van der Waals surface area contributed by atoms with Crippen molar-refractivity contribution in [2.24, 2.45) is 5.41 Å². The van der Waals surface area contributed by atoms with Gasteiger partial charge in [0.1, 0.15) is 0 Å². The maximum absolute atomic E-state index is 10.9. The lowest BCUT2D eigenvalue weighted by Crippen LogP contribution is -2.16. The second-order valence-electron chi connectivity index (χ2n) is 3.85. The van der Waals surface area contributed by atoms with Gasteiger partial charge >= 0.3 is 0 Å². The van der Waals surface area contributed by atoms with Crippen molar-refractivity contribution in [2.75, 3.05) is 13.3 Å². The van der Waals surface area contributed by atoms with Crippen LogP contribution in [0.3, 0.4) is 0 Å². The molecule has 0 saturated heterocycles. The van der Waals surface area contributed by atoms with E-state index in [-0.39, 0.29) is 12.8 Å². The van der Waals surface area contributed by atoms with Crippen LogP contribution in [0, 0.1) is 12.8 Å². The quantitative estimate of drug-likeness (QED) is 0.476. The third kappa shape index (κ3) is 13.1. The van der Waals surface area contributed by atoms with Gasteiger partial charge in [-0.15, -0.1) is 0 Å². The SMILES string of the molecule is C=P(C)([O-])OCC(C)(C)C.[CH3+]. The third-order valence-corrected chi connectivity index (χ3v) is 1.45. The molecule has 0 spiro atoms. The second kappa shape index (κ2) is 4.20. The zero-order valence-corrected chi connectivity index (χ0v) is 9.07. The van der Waals surface area contributed by atoms with Crippen molar-refractivity contribution < 1.29 is 9.42 Å². The van der Waals surface area contributed by atoms with Gasteiger partial charge in [-0.05, 0) is 12.1 Å². The van der Waals surface area contributed by atoms with E-state index in [0.29, 0.717) is 6.61 Å². The highest BCUT2D eigenvalue weighted by molar-refractivity contribution is 7.61. The molecule has 2 nitrogen and oxygen atoms in total. The zero-order valence-electron chi connectivity index (χ0n) is 8.18. The molecule has 0 bridgehead atoms. The van der Waals surface area contributed by atoms with Crippen LogP contribution < -0.4 is 4.89 Å². The minimum absolute atomic E-state index is 0. The summed E-state index contributed by atoms with van der Waals surface area (Å²) in [6, 6.07) is 0. The summed E-state index contributed by atoms with van der Waals surface area (Å²) in [5.74, 6) is 0. The van der Waals surface area contributed by atoms with E-state index in [4.69, 9.17) is 4.52 Å². The normalized spacial score (nSPS) is 16.8. The van der Waals surface area contributed by atoms with E-state index in [2.05, 4.69) is 6.30 Å². The monoisotopic (exact) mass is 178 g/mol. The summed E-state index contributed by atoms with van der Waals surface area (Å²) < 4.78 is 5.04. The Balaban J connectivity index is 0. The molecular weight excluding hydrogens is 159 g/mol. The number of rotatable bonds is 2. The fourth-order valence-corrected chi connectivity index (χ4v) is 0.991. The number of hydrogen-bond donors (Lipinski definition) is 0. The minimum atomic E-state index is -2.51. The van der Waals surface area contributed by atoms with Gasteiger partial charge in [0.15, 0.2) is 0 Å². The van der Waals surface area contributed by atoms with Crippen molar-refractivity contribution in [1.29, 1.82) is 0 Å². The van der Waals surface area contributed by atoms with Gasteiger partial charge in [-0.2, -0.15) is 0 Å². The molecule has 11 heavy (non-hydrogen) atoms. The van der Waals surface area contributed by atoms with E-state index in [1.807, 2.05) is 20.8 Å². The molecule has 0 radical (unpaired) electrons. The molecule has 0 aliphatic heterocycles. The highest BCUT2D eigenvalue weighted by Crippen LogP contribution is 2.33. The van der Waals surface area contributed by atoms with Gasteiger partial charge in [0.05, 0.1) is 6.61 Å². The summed E-state index contributed by atoms with van der Waals surface area (Å²) in [6.07, 6.45) is 3.41. The smallest absolute Gasteiger partial charge is 0.0539 e. The molecule has 0 N–H and O–H groups in total. The van der Waals surface area contributed by atoms with E-state index in [1.54, 1.807) is 0 Å². The van der Waals surface area contributed by atoms with Crippen molar-refractivity contribution in [3.63, 3.8) is 0 Å². The Morgan fingerprint density at radius 2 is 1.82 bits per heavy atom. The lowest BCUT2D eigenvalue weighted by Gasteiger charge is -2.29. The molecule has 0 aliphatic rings.